The third-order valence-corrected chi connectivity index (χ3v) is 4.41. The van der Waals surface area contributed by atoms with Crippen molar-refractivity contribution >= 4 is 17.5 Å². The molecule has 1 saturated heterocycles. The topological polar surface area (TPSA) is 58.6 Å². The maximum Gasteiger partial charge on any atom is 0.249 e. The summed E-state index contributed by atoms with van der Waals surface area (Å²) in [5.41, 5.74) is 2.92. The van der Waals surface area contributed by atoms with Gasteiger partial charge < -0.3 is 15.0 Å². The van der Waals surface area contributed by atoms with Crippen LogP contribution in [0, 0.1) is 6.92 Å². The minimum atomic E-state index is -0.452. The molecule has 5 heteroatoms. The van der Waals surface area contributed by atoms with Gasteiger partial charge in [-0.2, -0.15) is 0 Å². The third kappa shape index (κ3) is 3.99. The van der Waals surface area contributed by atoms with Gasteiger partial charge in [0.2, 0.25) is 11.8 Å². The van der Waals surface area contributed by atoms with Gasteiger partial charge in [0.05, 0.1) is 13.5 Å². The zero-order chi connectivity index (χ0) is 17.8. The van der Waals surface area contributed by atoms with Crippen LogP contribution in [0.2, 0.25) is 0 Å². The predicted octanol–water partition coefficient (Wildman–Crippen LogP) is 2.47. The summed E-state index contributed by atoms with van der Waals surface area (Å²) in [5.74, 6) is 0.560. The Kier molecular flexibility index (Phi) is 5.03. The van der Waals surface area contributed by atoms with E-state index in [0.29, 0.717) is 13.0 Å². The van der Waals surface area contributed by atoms with Gasteiger partial charge in [-0.05, 0) is 43.2 Å². The number of carbonyl (C=O) groups is 2. The largest absolute Gasteiger partial charge is 0.497 e. The lowest BCUT2D eigenvalue weighted by Gasteiger charge is -2.17. The van der Waals surface area contributed by atoms with Crippen LogP contribution in [-0.4, -0.2) is 31.5 Å². The fourth-order valence-corrected chi connectivity index (χ4v) is 2.97. The van der Waals surface area contributed by atoms with Crippen molar-refractivity contribution in [3.63, 3.8) is 0 Å². The van der Waals surface area contributed by atoms with Crippen LogP contribution in [0.4, 0.5) is 5.69 Å². The van der Waals surface area contributed by atoms with E-state index >= 15 is 0 Å². The van der Waals surface area contributed by atoms with Gasteiger partial charge in [0.15, 0.2) is 0 Å². The highest BCUT2D eigenvalue weighted by Crippen LogP contribution is 2.22. The van der Waals surface area contributed by atoms with Crippen LogP contribution in [0.1, 0.15) is 17.5 Å². The van der Waals surface area contributed by atoms with Gasteiger partial charge >= 0.3 is 0 Å². The summed E-state index contributed by atoms with van der Waals surface area (Å²) >= 11 is 0. The first-order valence-electron chi connectivity index (χ1n) is 8.37. The molecule has 1 atom stereocenters. The van der Waals surface area contributed by atoms with Crippen molar-refractivity contribution in [1.29, 1.82) is 0 Å². The number of benzene rings is 2. The number of aryl methyl sites for hydroxylation is 1. The molecule has 0 aromatic heterocycles. The normalized spacial score (nSPS) is 16.8. The number of amides is 2. The van der Waals surface area contributed by atoms with Crippen molar-refractivity contribution in [3.8, 4) is 5.75 Å². The molecule has 3 rings (SSSR count). The van der Waals surface area contributed by atoms with E-state index in [4.69, 9.17) is 4.74 Å². The van der Waals surface area contributed by atoms with Crippen molar-refractivity contribution in [1.82, 2.24) is 5.32 Å². The molecular formula is C20H22N2O3. The van der Waals surface area contributed by atoms with E-state index in [0.717, 1.165) is 22.6 Å². The van der Waals surface area contributed by atoms with Crippen molar-refractivity contribution in [2.45, 2.75) is 25.8 Å². The molecule has 1 fully saturated rings. The average molecular weight is 338 g/mol. The van der Waals surface area contributed by atoms with E-state index in [1.165, 1.54) is 0 Å². The molecule has 2 aromatic carbocycles. The Hall–Kier alpha value is -2.82. The number of ether oxygens (including phenoxy) is 1. The number of rotatable bonds is 5. The summed E-state index contributed by atoms with van der Waals surface area (Å²) in [4.78, 5) is 26.5. The second-order valence-electron chi connectivity index (χ2n) is 6.26. The maximum absolute atomic E-state index is 12.6. The molecule has 1 aliphatic heterocycles. The van der Waals surface area contributed by atoms with Crippen LogP contribution in [0.15, 0.2) is 48.5 Å². The van der Waals surface area contributed by atoms with Gasteiger partial charge in [0, 0.05) is 12.2 Å². The molecule has 1 N–H and O–H groups in total. The van der Waals surface area contributed by atoms with E-state index in [2.05, 4.69) is 5.32 Å². The molecule has 0 aliphatic carbocycles. The fraction of sp³-hybridized carbons (Fsp3) is 0.300. The molecule has 0 bridgehead atoms. The van der Waals surface area contributed by atoms with Crippen molar-refractivity contribution in [2.75, 3.05) is 18.6 Å². The lowest BCUT2D eigenvalue weighted by Crippen LogP contribution is -2.42. The number of anilines is 1. The number of hydrogen-bond donors (Lipinski definition) is 1. The highest BCUT2D eigenvalue weighted by atomic mass is 16.5. The van der Waals surface area contributed by atoms with Crippen LogP contribution in [-0.2, 0) is 16.0 Å². The van der Waals surface area contributed by atoms with Crippen LogP contribution in [0.5, 0.6) is 5.75 Å². The van der Waals surface area contributed by atoms with Gasteiger partial charge in [0.1, 0.15) is 11.8 Å². The number of carbonyl (C=O) groups excluding carboxylic acids is 2. The van der Waals surface area contributed by atoms with Gasteiger partial charge in [-0.1, -0.05) is 29.8 Å². The second kappa shape index (κ2) is 7.38. The SMILES string of the molecule is COc1ccc(CC(=O)N[C@H]2CCN(c3ccc(C)cc3)C2=O)cc1. The highest BCUT2D eigenvalue weighted by molar-refractivity contribution is 6.01. The van der Waals surface area contributed by atoms with E-state index in [1.807, 2.05) is 55.5 Å². The summed E-state index contributed by atoms with van der Waals surface area (Å²) in [7, 11) is 1.60. The third-order valence-electron chi connectivity index (χ3n) is 4.41. The minimum absolute atomic E-state index is 0.0491. The van der Waals surface area contributed by atoms with Crippen LogP contribution < -0.4 is 15.0 Å². The standard InChI is InChI=1S/C20H22N2O3/c1-14-3-7-16(8-4-14)22-12-11-18(20(22)24)21-19(23)13-15-5-9-17(25-2)10-6-15/h3-10,18H,11-13H2,1-2H3,(H,21,23)/t18-/m0/s1. The Morgan fingerprint density at radius 1 is 1.16 bits per heavy atom. The van der Waals surface area contributed by atoms with E-state index in [9.17, 15) is 9.59 Å². The summed E-state index contributed by atoms with van der Waals surface area (Å²) in [6.45, 7) is 2.63. The van der Waals surface area contributed by atoms with Crippen molar-refractivity contribution < 1.29 is 14.3 Å². The van der Waals surface area contributed by atoms with E-state index in [-0.39, 0.29) is 18.2 Å². The lowest BCUT2D eigenvalue weighted by atomic mass is 10.1. The molecule has 25 heavy (non-hydrogen) atoms. The Morgan fingerprint density at radius 2 is 1.84 bits per heavy atom. The van der Waals surface area contributed by atoms with Crippen molar-refractivity contribution in [2.24, 2.45) is 0 Å². The zero-order valence-corrected chi connectivity index (χ0v) is 14.5. The zero-order valence-electron chi connectivity index (χ0n) is 14.5. The molecule has 5 nitrogen and oxygen atoms in total. The Morgan fingerprint density at radius 3 is 2.48 bits per heavy atom. The number of nitrogens with zero attached hydrogens (tertiary/aromatic N) is 1. The van der Waals surface area contributed by atoms with Gasteiger partial charge in [-0.25, -0.2) is 0 Å². The molecule has 130 valence electrons. The Labute approximate surface area is 147 Å². The summed E-state index contributed by atoms with van der Waals surface area (Å²) in [5, 5.41) is 2.86. The number of nitrogens with one attached hydrogen (secondary N) is 1. The first-order chi connectivity index (χ1) is 12.1. The molecule has 0 unspecified atom stereocenters. The van der Waals surface area contributed by atoms with Gasteiger partial charge in [0.25, 0.3) is 0 Å². The number of hydrogen-bond acceptors (Lipinski definition) is 3. The van der Waals surface area contributed by atoms with E-state index < -0.39 is 6.04 Å². The maximum atomic E-state index is 12.6. The molecule has 2 aromatic rings. The molecule has 0 spiro atoms. The molecule has 2 amide bonds. The first-order valence-corrected chi connectivity index (χ1v) is 8.37. The quantitative estimate of drug-likeness (QED) is 0.911. The molecular weight excluding hydrogens is 316 g/mol. The van der Waals surface area contributed by atoms with Crippen molar-refractivity contribution in [3.05, 3.63) is 59.7 Å². The number of methoxy groups -OCH3 is 1. The molecule has 0 saturated carbocycles. The van der Waals surface area contributed by atoms with Crippen LogP contribution >= 0.6 is 0 Å². The fourth-order valence-electron chi connectivity index (χ4n) is 2.97. The van der Waals surface area contributed by atoms with Gasteiger partial charge in [-0.15, -0.1) is 0 Å². The van der Waals surface area contributed by atoms with Gasteiger partial charge in [-0.3, -0.25) is 9.59 Å². The summed E-state index contributed by atoms with van der Waals surface area (Å²) in [6.07, 6.45) is 0.874. The molecule has 1 aliphatic rings. The first kappa shape index (κ1) is 17.0. The Balaban J connectivity index is 1.58. The highest BCUT2D eigenvalue weighted by Gasteiger charge is 2.33. The predicted molar refractivity (Wildman–Crippen MR) is 96.8 cm³/mol. The average Bonchev–Trinajstić information content (AvgIpc) is 2.97. The minimum Gasteiger partial charge on any atom is -0.497 e. The summed E-state index contributed by atoms with van der Waals surface area (Å²) < 4.78 is 5.11. The smallest absolute Gasteiger partial charge is 0.249 e. The summed E-state index contributed by atoms with van der Waals surface area (Å²) in [6, 6.07) is 14.7. The molecule has 0 radical (unpaired) electrons. The van der Waals surface area contributed by atoms with Crippen LogP contribution in [0.3, 0.4) is 0 Å². The monoisotopic (exact) mass is 338 g/mol. The molecule has 1 heterocycles. The second-order valence-corrected chi connectivity index (χ2v) is 6.26. The Bertz CT molecular complexity index is 754. The lowest BCUT2D eigenvalue weighted by molar-refractivity contribution is -0.126. The van der Waals surface area contributed by atoms with E-state index in [1.54, 1.807) is 12.0 Å². The van der Waals surface area contributed by atoms with Crippen LogP contribution in [0.25, 0.3) is 0 Å².